The summed E-state index contributed by atoms with van der Waals surface area (Å²) in [7, 11) is 1.68. The maximum atomic E-state index is 14.0. The molecule has 3 nitrogen and oxygen atoms in total. The van der Waals surface area contributed by atoms with E-state index in [1.807, 2.05) is 12.1 Å². The second kappa shape index (κ2) is 10.1. The Morgan fingerprint density at radius 3 is 2.81 bits per heavy atom. The summed E-state index contributed by atoms with van der Waals surface area (Å²) in [5.74, 6) is 0.165. The number of piperidine rings is 1. The Morgan fingerprint density at radius 2 is 2.14 bits per heavy atom. The van der Waals surface area contributed by atoms with Gasteiger partial charge in [0.25, 0.3) is 0 Å². The minimum absolute atomic E-state index is 0. The van der Waals surface area contributed by atoms with Crippen molar-refractivity contribution < 1.29 is 13.9 Å². The Labute approximate surface area is 132 Å². The molecule has 1 aromatic carbocycles. The molecule has 1 heterocycles. The van der Waals surface area contributed by atoms with Gasteiger partial charge in [0, 0.05) is 38.3 Å². The van der Waals surface area contributed by atoms with Crippen LogP contribution in [0, 0.1) is 11.7 Å². The van der Waals surface area contributed by atoms with Gasteiger partial charge in [0.2, 0.25) is 0 Å². The Balaban J connectivity index is 0.00000220. The van der Waals surface area contributed by atoms with Gasteiger partial charge in [0.15, 0.2) is 0 Å². The number of nitrogens with one attached hydrogen (secondary N) is 1. The maximum Gasteiger partial charge on any atom is 0.129 e. The van der Waals surface area contributed by atoms with E-state index in [2.05, 4.69) is 5.32 Å². The number of benzene rings is 1. The van der Waals surface area contributed by atoms with Crippen molar-refractivity contribution in [3.63, 3.8) is 0 Å². The molecule has 1 aliphatic heterocycles. The highest BCUT2D eigenvalue weighted by Crippen LogP contribution is 2.32. The number of halogens is 2. The lowest BCUT2D eigenvalue weighted by Crippen LogP contribution is -2.34. The predicted octanol–water partition coefficient (Wildman–Crippen LogP) is 3.34. The molecule has 5 heteroatoms. The number of hydrogen-bond donors (Lipinski definition) is 1. The Hall–Kier alpha value is -0.680. The maximum absolute atomic E-state index is 14.0. The highest BCUT2D eigenvalue weighted by atomic mass is 35.5. The fraction of sp³-hybridized carbons (Fsp3) is 0.625. The summed E-state index contributed by atoms with van der Waals surface area (Å²) < 4.78 is 25.1. The Morgan fingerprint density at radius 1 is 1.33 bits per heavy atom. The van der Waals surface area contributed by atoms with Crippen molar-refractivity contribution >= 4 is 12.4 Å². The van der Waals surface area contributed by atoms with Gasteiger partial charge in [0.1, 0.15) is 5.82 Å². The van der Waals surface area contributed by atoms with Crippen molar-refractivity contribution in [1.82, 2.24) is 5.32 Å². The largest absolute Gasteiger partial charge is 0.385 e. The molecule has 1 fully saturated rings. The first kappa shape index (κ1) is 18.4. The molecule has 120 valence electrons. The van der Waals surface area contributed by atoms with Crippen LogP contribution in [-0.4, -0.2) is 33.4 Å². The van der Waals surface area contributed by atoms with Crippen molar-refractivity contribution in [2.24, 2.45) is 5.92 Å². The van der Waals surface area contributed by atoms with Crippen LogP contribution < -0.4 is 5.32 Å². The molecule has 21 heavy (non-hydrogen) atoms. The fourth-order valence-corrected chi connectivity index (χ4v) is 2.74. The zero-order chi connectivity index (χ0) is 14.2. The van der Waals surface area contributed by atoms with Crippen LogP contribution in [-0.2, 0) is 9.47 Å². The molecule has 0 amide bonds. The lowest BCUT2D eigenvalue weighted by molar-refractivity contribution is -0.00697. The van der Waals surface area contributed by atoms with Crippen LogP contribution in [0.4, 0.5) is 4.39 Å². The highest BCUT2D eigenvalue weighted by molar-refractivity contribution is 5.85. The van der Waals surface area contributed by atoms with E-state index in [0.29, 0.717) is 24.7 Å². The number of ether oxygens (including phenoxy) is 2. The van der Waals surface area contributed by atoms with E-state index in [1.165, 1.54) is 6.07 Å². The van der Waals surface area contributed by atoms with Gasteiger partial charge in [-0.2, -0.15) is 0 Å². The quantitative estimate of drug-likeness (QED) is 0.782. The summed E-state index contributed by atoms with van der Waals surface area (Å²) in [5, 5.41) is 3.38. The van der Waals surface area contributed by atoms with Crippen LogP contribution in [0.1, 0.15) is 30.9 Å². The summed E-state index contributed by atoms with van der Waals surface area (Å²) in [6, 6.07) is 6.95. The van der Waals surface area contributed by atoms with E-state index >= 15 is 0 Å². The normalized spacial score (nSPS) is 19.8. The first-order chi connectivity index (χ1) is 9.83. The second-order valence-electron chi connectivity index (χ2n) is 5.27. The molecule has 2 unspecified atom stereocenters. The van der Waals surface area contributed by atoms with Gasteiger partial charge in [-0.15, -0.1) is 12.4 Å². The molecule has 0 saturated carbocycles. The SMILES string of the molecule is COCCCOC(c1ccccc1F)C1CCCNC1.Cl. The van der Waals surface area contributed by atoms with Crippen LogP contribution in [0.25, 0.3) is 0 Å². The van der Waals surface area contributed by atoms with Crippen molar-refractivity contribution in [3.8, 4) is 0 Å². The smallest absolute Gasteiger partial charge is 0.129 e. The van der Waals surface area contributed by atoms with E-state index in [0.717, 1.165) is 32.4 Å². The molecule has 0 spiro atoms. The second-order valence-corrected chi connectivity index (χ2v) is 5.27. The van der Waals surface area contributed by atoms with Gasteiger partial charge in [0.05, 0.1) is 6.10 Å². The van der Waals surface area contributed by atoms with Gasteiger partial charge < -0.3 is 14.8 Å². The average Bonchev–Trinajstić information content (AvgIpc) is 2.49. The zero-order valence-electron chi connectivity index (χ0n) is 12.5. The number of hydrogen-bond acceptors (Lipinski definition) is 3. The van der Waals surface area contributed by atoms with Crippen molar-refractivity contribution in [3.05, 3.63) is 35.6 Å². The van der Waals surface area contributed by atoms with E-state index in [4.69, 9.17) is 9.47 Å². The molecule has 1 aliphatic rings. The molecule has 1 N–H and O–H groups in total. The lowest BCUT2D eigenvalue weighted by Gasteiger charge is -2.31. The minimum atomic E-state index is -0.171. The minimum Gasteiger partial charge on any atom is -0.385 e. The van der Waals surface area contributed by atoms with Crippen LogP contribution >= 0.6 is 12.4 Å². The van der Waals surface area contributed by atoms with Crippen LogP contribution in [0.5, 0.6) is 0 Å². The first-order valence-corrected chi connectivity index (χ1v) is 7.38. The van der Waals surface area contributed by atoms with Gasteiger partial charge in [-0.1, -0.05) is 18.2 Å². The van der Waals surface area contributed by atoms with E-state index in [9.17, 15) is 4.39 Å². The summed E-state index contributed by atoms with van der Waals surface area (Å²) in [4.78, 5) is 0. The van der Waals surface area contributed by atoms with Gasteiger partial charge in [-0.25, -0.2) is 4.39 Å². The van der Waals surface area contributed by atoms with Crippen molar-refractivity contribution in [1.29, 1.82) is 0 Å². The lowest BCUT2D eigenvalue weighted by atomic mass is 9.89. The topological polar surface area (TPSA) is 30.5 Å². The molecule has 0 aromatic heterocycles. The molecular formula is C16H25ClFNO2. The summed E-state index contributed by atoms with van der Waals surface area (Å²) in [6.07, 6.45) is 2.87. The average molecular weight is 318 g/mol. The molecule has 0 aliphatic carbocycles. The predicted molar refractivity (Wildman–Crippen MR) is 84.4 cm³/mol. The van der Waals surface area contributed by atoms with Gasteiger partial charge in [-0.05, 0) is 31.9 Å². The molecule has 2 atom stereocenters. The Kier molecular flexibility index (Phi) is 8.85. The van der Waals surface area contributed by atoms with Gasteiger partial charge >= 0.3 is 0 Å². The molecule has 0 bridgehead atoms. The summed E-state index contributed by atoms with van der Waals surface area (Å²) >= 11 is 0. The Bertz CT molecular complexity index is 400. The van der Waals surface area contributed by atoms with E-state index in [1.54, 1.807) is 13.2 Å². The van der Waals surface area contributed by atoms with Crippen LogP contribution in [0.15, 0.2) is 24.3 Å². The zero-order valence-corrected chi connectivity index (χ0v) is 13.3. The number of methoxy groups -OCH3 is 1. The summed E-state index contributed by atoms with van der Waals surface area (Å²) in [6.45, 7) is 3.21. The van der Waals surface area contributed by atoms with E-state index in [-0.39, 0.29) is 24.3 Å². The van der Waals surface area contributed by atoms with Crippen LogP contribution in [0.3, 0.4) is 0 Å². The van der Waals surface area contributed by atoms with Gasteiger partial charge in [-0.3, -0.25) is 0 Å². The van der Waals surface area contributed by atoms with Crippen molar-refractivity contribution in [2.75, 3.05) is 33.4 Å². The first-order valence-electron chi connectivity index (χ1n) is 7.38. The standard InChI is InChI=1S/C16H24FNO2.ClH/c1-19-10-5-11-20-16(13-6-4-9-18-12-13)14-7-2-3-8-15(14)17;/h2-3,7-8,13,16,18H,4-6,9-12H2,1H3;1H. The molecule has 1 saturated heterocycles. The van der Waals surface area contributed by atoms with Crippen LogP contribution in [0.2, 0.25) is 0 Å². The third kappa shape index (κ3) is 5.55. The third-order valence-corrected chi connectivity index (χ3v) is 3.77. The number of rotatable bonds is 7. The monoisotopic (exact) mass is 317 g/mol. The third-order valence-electron chi connectivity index (χ3n) is 3.77. The molecule has 1 aromatic rings. The molecule has 0 radical (unpaired) electrons. The fourth-order valence-electron chi connectivity index (χ4n) is 2.74. The van der Waals surface area contributed by atoms with Crippen molar-refractivity contribution in [2.45, 2.75) is 25.4 Å². The summed E-state index contributed by atoms with van der Waals surface area (Å²) in [5.41, 5.74) is 0.679. The highest BCUT2D eigenvalue weighted by Gasteiger charge is 2.27. The molecule has 2 rings (SSSR count). The van der Waals surface area contributed by atoms with E-state index < -0.39 is 0 Å². The molecular weight excluding hydrogens is 293 g/mol.